The predicted octanol–water partition coefficient (Wildman–Crippen LogP) is 5.35. The molecule has 1 aliphatic heterocycles. The predicted molar refractivity (Wildman–Crippen MR) is 140 cm³/mol. The number of fused-ring (bicyclic) bond motifs is 1. The van der Waals surface area contributed by atoms with E-state index in [0.717, 1.165) is 55.4 Å². The number of nitrogens with one attached hydrogen (secondary N) is 1. The highest BCUT2D eigenvalue weighted by Crippen LogP contribution is 2.32. The molecule has 3 aromatic rings. The molecule has 4 heterocycles. The Morgan fingerprint density at radius 1 is 1.09 bits per heavy atom. The van der Waals surface area contributed by atoms with Crippen molar-refractivity contribution >= 4 is 34.6 Å². The third kappa shape index (κ3) is 4.88. The van der Waals surface area contributed by atoms with E-state index in [0.29, 0.717) is 29.6 Å². The SMILES string of the molecule is CCOC=Cc1c(C)c2cnc(Nc3ccc(N4CCCCC4)cn3)nc2n(C2CCCC2)c1=O. The smallest absolute Gasteiger partial charge is 0.260 e. The number of hydrogen-bond acceptors (Lipinski definition) is 7. The van der Waals surface area contributed by atoms with Gasteiger partial charge in [-0.05, 0) is 69.7 Å². The Hall–Kier alpha value is -3.42. The quantitative estimate of drug-likeness (QED) is 0.462. The van der Waals surface area contributed by atoms with Gasteiger partial charge in [0.25, 0.3) is 5.56 Å². The van der Waals surface area contributed by atoms with Gasteiger partial charge < -0.3 is 15.0 Å². The van der Waals surface area contributed by atoms with Gasteiger partial charge in [-0.3, -0.25) is 9.36 Å². The minimum Gasteiger partial charge on any atom is -0.501 e. The van der Waals surface area contributed by atoms with Crippen molar-refractivity contribution in [2.24, 2.45) is 0 Å². The van der Waals surface area contributed by atoms with Gasteiger partial charge in [0.1, 0.15) is 11.5 Å². The summed E-state index contributed by atoms with van der Waals surface area (Å²) >= 11 is 0. The highest BCUT2D eigenvalue weighted by Gasteiger charge is 2.24. The second-order valence-electron chi connectivity index (χ2n) is 9.42. The lowest BCUT2D eigenvalue weighted by Crippen LogP contribution is -2.29. The molecule has 0 amide bonds. The van der Waals surface area contributed by atoms with Gasteiger partial charge in [0.2, 0.25) is 5.95 Å². The first kappa shape index (κ1) is 23.3. The molecule has 5 rings (SSSR count). The van der Waals surface area contributed by atoms with E-state index in [2.05, 4.69) is 26.3 Å². The number of pyridine rings is 2. The summed E-state index contributed by atoms with van der Waals surface area (Å²) in [6.07, 6.45) is 15.1. The maximum atomic E-state index is 13.6. The van der Waals surface area contributed by atoms with Crippen molar-refractivity contribution in [3.05, 3.63) is 52.3 Å². The first-order chi connectivity index (χ1) is 17.2. The Balaban J connectivity index is 1.49. The number of anilines is 3. The molecular weight excluding hydrogens is 440 g/mol. The molecule has 1 aliphatic carbocycles. The van der Waals surface area contributed by atoms with E-state index >= 15 is 0 Å². The number of aryl methyl sites for hydroxylation is 1. The maximum absolute atomic E-state index is 13.6. The summed E-state index contributed by atoms with van der Waals surface area (Å²) in [7, 11) is 0. The van der Waals surface area contributed by atoms with Crippen LogP contribution in [0.4, 0.5) is 17.5 Å². The van der Waals surface area contributed by atoms with Gasteiger partial charge in [-0.2, -0.15) is 4.98 Å². The van der Waals surface area contributed by atoms with Crippen LogP contribution in [0.3, 0.4) is 0 Å². The van der Waals surface area contributed by atoms with Crippen molar-refractivity contribution in [2.45, 2.75) is 64.8 Å². The van der Waals surface area contributed by atoms with Gasteiger partial charge >= 0.3 is 0 Å². The largest absolute Gasteiger partial charge is 0.501 e. The van der Waals surface area contributed by atoms with E-state index in [-0.39, 0.29) is 11.6 Å². The molecule has 0 unspecified atom stereocenters. The lowest BCUT2D eigenvalue weighted by Gasteiger charge is -2.28. The van der Waals surface area contributed by atoms with Crippen LogP contribution in [-0.4, -0.2) is 39.2 Å². The normalized spacial score (nSPS) is 16.9. The van der Waals surface area contributed by atoms with Crippen LogP contribution >= 0.6 is 0 Å². The maximum Gasteiger partial charge on any atom is 0.260 e. The van der Waals surface area contributed by atoms with Crippen LogP contribution < -0.4 is 15.8 Å². The van der Waals surface area contributed by atoms with Gasteiger partial charge in [0.05, 0.1) is 24.8 Å². The highest BCUT2D eigenvalue weighted by atomic mass is 16.5. The van der Waals surface area contributed by atoms with Crippen molar-refractivity contribution in [3.63, 3.8) is 0 Å². The average Bonchev–Trinajstić information content (AvgIpc) is 3.42. The summed E-state index contributed by atoms with van der Waals surface area (Å²) in [5.41, 5.74) is 3.30. The van der Waals surface area contributed by atoms with Crippen LogP contribution in [0.15, 0.2) is 35.6 Å². The molecule has 0 radical (unpaired) electrons. The number of piperidine rings is 1. The van der Waals surface area contributed by atoms with E-state index < -0.39 is 0 Å². The molecule has 8 heteroatoms. The molecule has 184 valence electrons. The molecule has 2 aliphatic rings. The van der Waals surface area contributed by atoms with E-state index in [1.807, 2.05) is 36.9 Å². The summed E-state index contributed by atoms with van der Waals surface area (Å²) in [5, 5.41) is 4.12. The summed E-state index contributed by atoms with van der Waals surface area (Å²) in [4.78, 5) is 30.0. The van der Waals surface area contributed by atoms with Gasteiger partial charge in [-0.15, -0.1) is 0 Å². The second kappa shape index (κ2) is 10.5. The first-order valence-corrected chi connectivity index (χ1v) is 12.8. The fraction of sp³-hybridized carbons (Fsp3) is 0.481. The summed E-state index contributed by atoms with van der Waals surface area (Å²) in [6, 6.07) is 4.21. The van der Waals surface area contributed by atoms with Crippen molar-refractivity contribution < 1.29 is 4.74 Å². The molecule has 1 saturated carbocycles. The molecule has 0 spiro atoms. The Bertz CT molecular complexity index is 1260. The van der Waals surface area contributed by atoms with Crippen LogP contribution in [0.5, 0.6) is 0 Å². The topological polar surface area (TPSA) is 85.2 Å². The molecular formula is C27H34N6O2. The van der Waals surface area contributed by atoms with Crippen molar-refractivity contribution in [2.75, 3.05) is 29.9 Å². The molecule has 0 atom stereocenters. The third-order valence-corrected chi connectivity index (χ3v) is 7.15. The van der Waals surface area contributed by atoms with Crippen LogP contribution in [0.2, 0.25) is 0 Å². The van der Waals surface area contributed by atoms with Crippen LogP contribution in [0, 0.1) is 6.92 Å². The fourth-order valence-corrected chi connectivity index (χ4v) is 5.24. The van der Waals surface area contributed by atoms with Gasteiger partial charge in [-0.25, -0.2) is 9.97 Å². The Morgan fingerprint density at radius 2 is 1.89 bits per heavy atom. The monoisotopic (exact) mass is 474 g/mol. The zero-order valence-electron chi connectivity index (χ0n) is 20.7. The second-order valence-corrected chi connectivity index (χ2v) is 9.42. The molecule has 3 aromatic heterocycles. The lowest BCUT2D eigenvalue weighted by atomic mass is 10.1. The fourth-order valence-electron chi connectivity index (χ4n) is 5.24. The molecule has 0 bridgehead atoms. The minimum absolute atomic E-state index is 0.0217. The molecule has 2 fully saturated rings. The van der Waals surface area contributed by atoms with Gasteiger partial charge in [0, 0.05) is 36.3 Å². The highest BCUT2D eigenvalue weighted by molar-refractivity contribution is 5.83. The van der Waals surface area contributed by atoms with Gasteiger partial charge in [0.15, 0.2) is 0 Å². The number of nitrogens with zero attached hydrogens (tertiary/aromatic N) is 5. The zero-order chi connectivity index (χ0) is 24.2. The average molecular weight is 475 g/mol. The Kier molecular flexibility index (Phi) is 6.97. The van der Waals surface area contributed by atoms with Crippen molar-refractivity contribution in [1.82, 2.24) is 19.5 Å². The lowest BCUT2D eigenvalue weighted by molar-refractivity contribution is 0.272. The molecule has 35 heavy (non-hydrogen) atoms. The van der Waals surface area contributed by atoms with E-state index in [1.165, 1.54) is 19.3 Å². The van der Waals surface area contributed by atoms with E-state index in [4.69, 9.17) is 9.72 Å². The standard InChI is InChI=1S/C27H34N6O2/c1-3-35-16-13-22-19(2)23-18-29-27(31-25(23)33(26(22)34)20-9-5-6-10-20)30-24-12-11-21(17-28-24)32-14-7-4-8-15-32/h11-13,16-18,20H,3-10,14-15H2,1-2H3,(H,28,29,30,31). The van der Waals surface area contributed by atoms with Gasteiger partial charge in [-0.1, -0.05) is 12.8 Å². The number of aromatic nitrogens is 4. The first-order valence-electron chi connectivity index (χ1n) is 12.8. The van der Waals surface area contributed by atoms with Crippen LogP contribution in [0.1, 0.15) is 69.0 Å². The van der Waals surface area contributed by atoms with E-state index in [9.17, 15) is 4.79 Å². The molecule has 0 aromatic carbocycles. The number of rotatable bonds is 7. The molecule has 8 nitrogen and oxygen atoms in total. The van der Waals surface area contributed by atoms with Crippen molar-refractivity contribution in [1.29, 1.82) is 0 Å². The minimum atomic E-state index is -0.0217. The summed E-state index contributed by atoms with van der Waals surface area (Å²) in [6.45, 7) is 6.60. The summed E-state index contributed by atoms with van der Waals surface area (Å²) in [5.74, 6) is 1.13. The zero-order valence-corrected chi connectivity index (χ0v) is 20.7. The molecule has 1 saturated heterocycles. The van der Waals surface area contributed by atoms with Crippen LogP contribution in [0.25, 0.3) is 17.1 Å². The third-order valence-electron chi connectivity index (χ3n) is 7.15. The number of hydrogen-bond donors (Lipinski definition) is 1. The van der Waals surface area contributed by atoms with E-state index in [1.54, 1.807) is 12.3 Å². The van der Waals surface area contributed by atoms with Crippen molar-refractivity contribution in [3.8, 4) is 0 Å². The Morgan fingerprint density at radius 3 is 2.60 bits per heavy atom. The Labute approximate surface area is 206 Å². The van der Waals surface area contributed by atoms with Crippen LogP contribution in [-0.2, 0) is 4.74 Å². The molecule has 1 N–H and O–H groups in total. The number of ether oxygens (including phenoxy) is 1. The summed E-state index contributed by atoms with van der Waals surface area (Å²) < 4.78 is 7.25.